The van der Waals surface area contributed by atoms with E-state index in [9.17, 15) is 0 Å². The predicted octanol–water partition coefficient (Wildman–Crippen LogP) is 1.90. The lowest BCUT2D eigenvalue weighted by atomic mass is 10.2. The minimum absolute atomic E-state index is 0.358. The minimum atomic E-state index is 0.358. The summed E-state index contributed by atoms with van der Waals surface area (Å²) < 4.78 is 10.8. The maximum absolute atomic E-state index is 5.78. The fourth-order valence-electron chi connectivity index (χ4n) is 1.99. The summed E-state index contributed by atoms with van der Waals surface area (Å²) in [5.41, 5.74) is 0. The summed E-state index contributed by atoms with van der Waals surface area (Å²) in [5.74, 6) is 0. The molecule has 0 amide bonds. The van der Waals surface area contributed by atoms with Crippen molar-refractivity contribution in [1.82, 2.24) is 4.90 Å². The molecule has 2 unspecified atom stereocenters. The highest BCUT2D eigenvalue weighted by molar-refractivity contribution is 9.09. The van der Waals surface area contributed by atoms with E-state index in [-0.39, 0.29) is 0 Å². The molecule has 1 fully saturated rings. The van der Waals surface area contributed by atoms with E-state index in [1.165, 1.54) is 13.0 Å². The van der Waals surface area contributed by atoms with Gasteiger partial charge in [0.15, 0.2) is 0 Å². The molecule has 2 atom stereocenters. The van der Waals surface area contributed by atoms with E-state index < -0.39 is 0 Å². The first-order valence-corrected chi connectivity index (χ1v) is 6.81. The van der Waals surface area contributed by atoms with Crippen molar-refractivity contribution in [2.75, 3.05) is 38.7 Å². The standard InChI is InChI=1S/C11H22BrNO2/c1-10-8-13(5-3-4-6-14-2)9-11(7-12)15-10/h10-11H,3-9H2,1-2H3. The van der Waals surface area contributed by atoms with Gasteiger partial charge >= 0.3 is 0 Å². The van der Waals surface area contributed by atoms with Crippen molar-refractivity contribution < 1.29 is 9.47 Å². The van der Waals surface area contributed by atoms with Crippen LogP contribution in [0.2, 0.25) is 0 Å². The van der Waals surface area contributed by atoms with Crippen LogP contribution in [0.4, 0.5) is 0 Å². The van der Waals surface area contributed by atoms with E-state index in [0.29, 0.717) is 12.2 Å². The van der Waals surface area contributed by atoms with Crippen molar-refractivity contribution in [3.8, 4) is 0 Å². The minimum Gasteiger partial charge on any atom is -0.385 e. The Morgan fingerprint density at radius 2 is 2.20 bits per heavy atom. The lowest BCUT2D eigenvalue weighted by Crippen LogP contribution is -2.47. The Hall–Kier alpha value is 0.360. The van der Waals surface area contributed by atoms with E-state index in [1.54, 1.807) is 7.11 Å². The Bertz CT molecular complexity index is 169. The van der Waals surface area contributed by atoms with Gasteiger partial charge in [-0.05, 0) is 26.3 Å². The third-order valence-corrected chi connectivity index (χ3v) is 3.37. The van der Waals surface area contributed by atoms with Crippen LogP contribution in [0, 0.1) is 0 Å². The molecule has 0 aromatic heterocycles. The zero-order valence-electron chi connectivity index (χ0n) is 9.75. The van der Waals surface area contributed by atoms with Gasteiger partial charge < -0.3 is 9.47 Å². The molecule has 0 N–H and O–H groups in total. The smallest absolute Gasteiger partial charge is 0.0802 e. The van der Waals surface area contributed by atoms with Crippen molar-refractivity contribution in [2.45, 2.75) is 32.0 Å². The SMILES string of the molecule is COCCCCN1CC(C)OC(CBr)C1. The van der Waals surface area contributed by atoms with Crippen molar-refractivity contribution >= 4 is 15.9 Å². The van der Waals surface area contributed by atoms with Crippen molar-refractivity contribution in [3.05, 3.63) is 0 Å². The first-order chi connectivity index (χ1) is 7.26. The molecular weight excluding hydrogens is 258 g/mol. The number of unbranched alkanes of at least 4 members (excludes halogenated alkanes) is 1. The first-order valence-electron chi connectivity index (χ1n) is 5.69. The van der Waals surface area contributed by atoms with Crippen LogP contribution in [-0.4, -0.2) is 55.8 Å². The number of morpholine rings is 1. The van der Waals surface area contributed by atoms with Gasteiger partial charge in [-0.25, -0.2) is 0 Å². The molecule has 1 aliphatic rings. The fraction of sp³-hybridized carbons (Fsp3) is 1.00. The van der Waals surface area contributed by atoms with Crippen LogP contribution in [0.15, 0.2) is 0 Å². The van der Waals surface area contributed by atoms with Gasteiger partial charge in [-0.3, -0.25) is 4.90 Å². The number of alkyl halides is 1. The topological polar surface area (TPSA) is 21.7 Å². The van der Waals surface area contributed by atoms with Gasteiger partial charge in [-0.15, -0.1) is 0 Å². The molecule has 0 radical (unpaired) electrons. The van der Waals surface area contributed by atoms with Crippen LogP contribution in [0.3, 0.4) is 0 Å². The molecule has 3 nitrogen and oxygen atoms in total. The Balaban J connectivity index is 2.16. The van der Waals surface area contributed by atoms with Gasteiger partial charge in [0.25, 0.3) is 0 Å². The van der Waals surface area contributed by atoms with Gasteiger partial charge in [-0.2, -0.15) is 0 Å². The first kappa shape index (κ1) is 13.4. The van der Waals surface area contributed by atoms with Gasteiger partial charge in [0.2, 0.25) is 0 Å². The molecule has 1 aliphatic heterocycles. The number of methoxy groups -OCH3 is 1. The Morgan fingerprint density at radius 1 is 1.40 bits per heavy atom. The summed E-state index contributed by atoms with van der Waals surface area (Å²) in [6, 6.07) is 0. The summed E-state index contributed by atoms with van der Waals surface area (Å²) in [6.45, 7) is 6.32. The molecule has 90 valence electrons. The highest BCUT2D eigenvalue weighted by Crippen LogP contribution is 2.13. The molecular formula is C11H22BrNO2. The van der Waals surface area contributed by atoms with Gasteiger partial charge in [0, 0.05) is 32.1 Å². The van der Waals surface area contributed by atoms with Crippen LogP contribution in [0.1, 0.15) is 19.8 Å². The van der Waals surface area contributed by atoms with Crippen LogP contribution in [0.25, 0.3) is 0 Å². The number of hydrogen-bond acceptors (Lipinski definition) is 3. The number of ether oxygens (including phenoxy) is 2. The van der Waals surface area contributed by atoms with Gasteiger partial charge in [0.1, 0.15) is 0 Å². The maximum Gasteiger partial charge on any atom is 0.0802 e. The average molecular weight is 280 g/mol. The summed E-state index contributed by atoms with van der Waals surface area (Å²) in [4.78, 5) is 2.50. The molecule has 0 aromatic rings. The van der Waals surface area contributed by atoms with Gasteiger partial charge in [0.05, 0.1) is 12.2 Å². The molecule has 0 bridgehead atoms. The number of rotatable bonds is 6. The van der Waals surface area contributed by atoms with Crippen LogP contribution in [-0.2, 0) is 9.47 Å². The lowest BCUT2D eigenvalue weighted by molar-refractivity contribution is -0.0656. The van der Waals surface area contributed by atoms with Crippen LogP contribution in [0.5, 0.6) is 0 Å². The predicted molar refractivity (Wildman–Crippen MR) is 65.7 cm³/mol. The third kappa shape index (κ3) is 5.29. The van der Waals surface area contributed by atoms with E-state index in [1.807, 2.05) is 0 Å². The molecule has 0 spiro atoms. The van der Waals surface area contributed by atoms with E-state index in [4.69, 9.17) is 9.47 Å². The Labute approximate surface area is 101 Å². The van der Waals surface area contributed by atoms with E-state index in [0.717, 1.165) is 31.4 Å². The average Bonchev–Trinajstić information content (AvgIpc) is 2.23. The number of hydrogen-bond donors (Lipinski definition) is 0. The van der Waals surface area contributed by atoms with Crippen molar-refractivity contribution in [2.24, 2.45) is 0 Å². The maximum atomic E-state index is 5.78. The second-order valence-corrected chi connectivity index (χ2v) is 4.83. The Morgan fingerprint density at radius 3 is 2.87 bits per heavy atom. The monoisotopic (exact) mass is 279 g/mol. The third-order valence-electron chi connectivity index (χ3n) is 2.65. The summed E-state index contributed by atoms with van der Waals surface area (Å²) in [7, 11) is 1.76. The molecule has 1 rings (SSSR count). The second kappa shape index (κ2) is 7.60. The molecule has 1 heterocycles. The summed E-state index contributed by atoms with van der Waals surface area (Å²) >= 11 is 3.49. The largest absolute Gasteiger partial charge is 0.385 e. The molecule has 15 heavy (non-hydrogen) atoms. The molecule has 0 aliphatic carbocycles. The quantitative estimate of drug-likeness (QED) is 0.548. The lowest BCUT2D eigenvalue weighted by Gasteiger charge is -2.36. The zero-order valence-corrected chi connectivity index (χ0v) is 11.3. The summed E-state index contributed by atoms with van der Waals surface area (Å²) in [5, 5.41) is 0.936. The zero-order chi connectivity index (χ0) is 11.1. The van der Waals surface area contributed by atoms with Crippen LogP contribution < -0.4 is 0 Å². The number of halogens is 1. The van der Waals surface area contributed by atoms with Crippen molar-refractivity contribution in [3.63, 3.8) is 0 Å². The van der Waals surface area contributed by atoms with Gasteiger partial charge in [-0.1, -0.05) is 15.9 Å². The van der Waals surface area contributed by atoms with Crippen molar-refractivity contribution in [1.29, 1.82) is 0 Å². The fourth-order valence-corrected chi connectivity index (χ4v) is 2.35. The van der Waals surface area contributed by atoms with E-state index >= 15 is 0 Å². The normalized spacial score (nSPS) is 28.2. The highest BCUT2D eigenvalue weighted by atomic mass is 79.9. The molecule has 0 saturated carbocycles. The number of nitrogens with zero attached hydrogens (tertiary/aromatic N) is 1. The molecule has 0 aromatic carbocycles. The highest BCUT2D eigenvalue weighted by Gasteiger charge is 2.23. The second-order valence-electron chi connectivity index (χ2n) is 4.18. The summed E-state index contributed by atoms with van der Waals surface area (Å²) in [6.07, 6.45) is 3.09. The molecule has 1 saturated heterocycles. The van der Waals surface area contributed by atoms with Crippen LogP contribution >= 0.6 is 15.9 Å². The van der Waals surface area contributed by atoms with E-state index in [2.05, 4.69) is 27.8 Å². The molecule has 4 heteroatoms. The Kier molecular flexibility index (Phi) is 6.81.